The largest absolute Gasteiger partial charge is 0.399 e. The van der Waals surface area contributed by atoms with Gasteiger partial charge in [-0.3, -0.25) is 38.9 Å². The Balaban J connectivity index is 0.000000127. The van der Waals surface area contributed by atoms with Crippen LogP contribution in [0.4, 0.5) is 5.69 Å². The molecule has 6 aliphatic heterocycles. The zero-order valence-electron chi connectivity index (χ0n) is 78.7. The number of halogens is 1. The van der Waals surface area contributed by atoms with Crippen molar-refractivity contribution in [1.29, 1.82) is 0 Å². The Morgan fingerprint density at radius 1 is 0.541 bits per heavy atom. The van der Waals surface area contributed by atoms with Crippen LogP contribution in [0.2, 0.25) is 5.02 Å². The highest BCUT2D eigenvalue weighted by Crippen LogP contribution is 2.46. The summed E-state index contributed by atoms with van der Waals surface area (Å²) in [4.78, 5) is 128. The minimum absolute atomic E-state index is 0.0698. The number of amides is 5. The summed E-state index contributed by atoms with van der Waals surface area (Å²) < 4.78 is 0. The van der Waals surface area contributed by atoms with E-state index in [1.165, 1.54) is 53.2 Å². The number of likely N-dealkylation sites (tertiary alicyclic amines) is 3. The smallest absolute Gasteiger partial charge is 0.270 e. The summed E-state index contributed by atoms with van der Waals surface area (Å²) in [7, 11) is 4.15. The molecule has 1 saturated carbocycles. The van der Waals surface area contributed by atoms with Crippen LogP contribution in [0, 0.1) is 41.9 Å². The van der Waals surface area contributed by atoms with Crippen LogP contribution in [-0.4, -0.2) is 253 Å². The van der Waals surface area contributed by atoms with E-state index in [-0.39, 0.29) is 29.5 Å². The van der Waals surface area contributed by atoms with Gasteiger partial charge in [0.2, 0.25) is 0 Å². The number of para-hydroxylation sites is 2. The number of aromatic nitrogens is 12. The summed E-state index contributed by atoms with van der Waals surface area (Å²) >= 11 is 7.57. The number of carbonyl (C=O) groups excluding carboxylic acids is 5. The number of nitrogens with one attached hydrogen (secondary N) is 7. The van der Waals surface area contributed by atoms with E-state index in [1.807, 2.05) is 165 Å². The van der Waals surface area contributed by atoms with Crippen LogP contribution in [0.15, 0.2) is 211 Å². The fraction of sp³-hybridized carbons (Fsp3) is 0.410. The lowest BCUT2D eigenvalue weighted by Gasteiger charge is -2.32. The number of imidazole rings is 4. The number of likely N-dealkylation sites (N-methyl/N-ethyl adjacent to an activating group) is 2. The molecule has 5 saturated heterocycles. The molecule has 13 aromatic rings. The number of pyridine rings is 1. The number of piperazine rings is 2. The summed E-state index contributed by atoms with van der Waals surface area (Å²) in [5, 5.41) is 5.42. The standard InChI is InChI=1S/C19H20N4O.C15H20N4O.C15H20N4S.C14H16ClN3O.C14H18N4O.C14H16N2O.C14H20N2/c24-19(16-10-15-3-1-2-4-18(15)21-11-16)23-7-5-14(6-8-23)9-17-12-20-13-22-17;20-15(13-2-1-5-16-9-13)19-6-3-12(4-7-19)8-14-10-17-11-18-14;1-12-4-6-13(7-5-12)9-18-15(16)20-8-2-3-14-10-17-11-19-14;2*1-17-4-6-18(7-5-17)14(19)13-9-10-8-11(15)2-3-12(10)16-13;17-14(16-8-4-1-5-9-16)13-10-11-6-2-3-7-12(11)15-13;1-14(2,3)7-5-4-6-11-8-12(11)13-9-15-10-16-13/h1-4,10-14H,5-9H2,(H,20,22);2,9-12H,1,3-8H2,(H,17,18);4-7,10-11H,2-3,8-9H2,1H3,(H2,16,18)(H,17,19);2-3,8-9,16H,4-7H2,1H3;2-3,8-9,16H,4-7,15H2,1H3;2-3,6-7,10,15H,1,4-5,8-9H2;9-12H,5,7-8H2,1-3H3,(H,15,16)/t;;;;;;11-,12-/m......1/s1. The van der Waals surface area contributed by atoms with Crippen LogP contribution in [0.5, 0.6) is 0 Å². The lowest BCUT2D eigenvalue weighted by atomic mass is 9.91. The molecule has 2 atom stereocenters. The molecule has 28 nitrogen and oxygen atoms in total. The number of aliphatic imine (C=N–C) groups is 2. The van der Waals surface area contributed by atoms with Gasteiger partial charge in [-0.2, -0.15) is 0 Å². The van der Waals surface area contributed by atoms with Gasteiger partial charge in [-0.15, -0.1) is 5.92 Å². The van der Waals surface area contributed by atoms with Crippen LogP contribution >= 0.6 is 23.4 Å². The first-order valence-electron chi connectivity index (χ1n) is 47.5. The Kier molecular flexibility index (Phi) is 35.5. The van der Waals surface area contributed by atoms with Crippen molar-refractivity contribution in [3.05, 3.63) is 263 Å². The highest BCUT2D eigenvalue weighted by atomic mass is 35.5. The Hall–Kier alpha value is -12.9. The summed E-state index contributed by atoms with van der Waals surface area (Å²) in [6.45, 7) is 22.3. The molecule has 0 unspecified atom stereocenters. The van der Waals surface area contributed by atoms with Gasteiger partial charge < -0.3 is 80.7 Å². The van der Waals surface area contributed by atoms with E-state index in [9.17, 15) is 24.0 Å². The maximum absolute atomic E-state index is 12.7. The average Bonchev–Trinajstić information content (AvgIpc) is 1.68. The third-order valence-electron chi connectivity index (χ3n) is 25.5. The number of nitrogens with zero attached hydrogens (tertiary/aromatic N) is 14. The summed E-state index contributed by atoms with van der Waals surface area (Å²) in [6.07, 6.45) is 36.0. The maximum Gasteiger partial charge on any atom is 0.270 e. The first-order chi connectivity index (χ1) is 65.5. The fourth-order valence-corrected chi connectivity index (χ4v) is 18.0. The Morgan fingerprint density at radius 3 is 1.63 bits per heavy atom. The van der Waals surface area contributed by atoms with Crippen molar-refractivity contribution in [3.63, 3.8) is 0 Å². The Morgan fingerprint density at radius 2 is 1.07 bits per heavy atom. The van der Waals surface area contributed by atoms with Crippen molar-refractivity contribution in [2.24, 2.45) is 38.9 Å². The third kappa shape index (κ3) is 29.8. The van der Waals surface area contributed by atoms with Gasteiger partial charge in [0.1, 0.15) is 17.1 Å². The zero-order chi connectivity index (χ0) is 94.4. The Bertz CT molecular complexity index is 5960. The number of benzene rings is 5. The number of nitrogens with two attached hydrogens (primary N) is 2. The molecule has 0 radical (unpaired) electrons. The van der Waals surface area contributed by atoms with Crippen LogP contribution in [0.1, 0.15) is 179 Å². The number of nitrogen functional groups attached to an aromatic ring is 1. The molecule has 11 N–H and O–H groups in total. The maximum atomic E-state index is 12.7. The van der Waals surface area contributed by atoms with Crippen molar-refractivity contribution in [2.75, 3.05) is 124 Å². The van der Waals surface area contributed by atoms with Gasteiger partial charge in [0.05, 0.1) is 48.5 Å². The molecule has 5 aromatic carbocycles. The molecule has 5 amide bonds. The van der Waals surface area contributed by atoms with E-state index in [1.54, 1.807) is 49.5 Å². The zero-order valence-corrected chi connectivity index (χ0v) is 80.3. The number of piperidine rings is 3. The van der Waals surface area contributed by atoms with Gasteiger partial charge in [0, 0.05) is 231 Å². The van der Waals surface area contributed by atoms with Gasteiger partial charge in [0.25, 0.3) is 29.5 Å². The predicted octanol–water partition coefficient (Wildman–Crippen LogP) is 17.0. The van der Waals surface area contributed by atoms with Crippen molar-refractivity contribution >= 4 is 114 Å². The number of rotatable bonds is 17. The number of hydrogen-bond acceptors (Lipinski definition) is 16. The molecule has 0 spiro atoms. The number of dihydropyridines is 1. The number of H-pyrrole nitrogens is 7. The van der Waals surface area contributed by atoms with Crippen LogP contribution in [0.25, 0.3) is 43.6 Å². The SMILES string of the molecule is CC(C)(C)CCC#C[C@@H]1C[C@H]1c1cnc[nH]1.CN1CCN(C(=O)c2cc3cc(Cl)ccc3[nH]2)CC1.CN1CCN(C(=O)c2cc3cc(N)ccc3[nH]2)CC1.Cc1ccc(CN=C(N)SCCCc2cnc[nH]2)cc1.O=C(C1=CCCN=C1)N1CCC(Cc2cnc[nH]2)CC1.O=C(c1cc2ccccc2[nH]1)N1CCCCC1.O=C(c1cnc2ccccc2c1)N1CCC(Cc2cnc[nH]2)CC1. The monoisotopic (exact) mass is 1860 g/mol. The van der Waals surface area contributed by atoms with Crippen molar-refractivity contribution in [3.8, 4) is 11.8 Å². The van der Waals surface area contributed by atoms with Crippen molar-refractivity contribution in [1.82, 2.24) is 94.1 Å². The quantitative estimate of drug-likeness (QED) is 0.0134. The summed E-state index contributed by atoms with van der Waals surface area (Å²) in [6, 6.07) is 43.1. The first-order valence-corrected chi connectivity index (χ1v) is 48.9. The van der Waals surface area contributed by atoms with E-state index in [2.05, 4.69) is 157 Å². The van der Waals surface area contributed by atoms with E-state index >= 15 is 0 Å². The highest BCUT2D eigenvalue weighted by Gasteiger charge is 2.38. The van der Waals surface area contributed by atoms with E-state index in [0.29, 0.717) is 74.2 Å². The van der Waals surface area contributed by atoms with Gasteiger partial charge in [-0.25, -0.2) is 19.9 Å². The second-order valence-corrected chi connectivity index (χ2v) is 38.7. The molecular weight excluding hydrogens is 1730 g/mol. The van der Waals surface area contributed by atoms with Crippen LogP contribution in [0.3, 0.4) is 0 Å². The van der Waals surface area contributed by atoms with Gasteiger partial charge in [-0.1, -0.05) is 122 Å². The van der Waals surface area contributed by atoms with Gasteiger partial charge in [0.15, 0.2) is 5.17 Å². The van der Waals surface area contributed by atoms with Crippen LogP contribution < -0.4 is 11.5 Å². The lowest BCUT2D eigenvalue weighted by molar-refractivity contribution is -0.127. The molecular formula is C105H130ClN23O5S. The first kappa shape index (κ1) is 98.1. The van der Waals surface area contributed by atoms with Crippen molar-refractivity contribution in [2.45, 2.75) is 136 Å². The van der Waals surface area contributed by atoms with Crippen molar-refractivity contribution < 1.29 is 24.0 Å². The lowest BCUT2D eigenvalue weighted by Crippen LogP contribution is -2.47. The number of aryl methyl sites for hydroxylation is 2. The molecule has 20 rings (SSSR count). The fourth-order valence-electron chi connectivity index (χ4n) is 17.2. The molecule has 135 heavy (non-hydrogen) atoms. The predicted molar refractivity (Wildman–Crippen MR) is 543 cm³/mol. The normalized spacial score (nSPS) is 17.2. The van der Waals surface area contributed by atoms with E-state index < -0.39 is 0 Å². The summed E-state index contributed by atoms with van der Waals surface area (Å²) in [5.74, 6) is 10.6. The number of amidine groups is 1. The number of fused-ring (bicyclic) bond motifs is 4. The molecule has 8 aromatic heterocycles. The molecule has 7 aliphatic rings. The molecule has 14 heterocycles. The third-order valence-corrected chi connectivity index (χ3v) is 26.6. The number of thioether (sulfide) groups is 1. The van der Waals surface area contributed by atoms with Gasteiger partial charge >= 0.3 is 0 Å². The molecule has 1 aliphatic carbocycles. The van der Waals surface area contributed by atoms with E-state index in [4.69, 9.17) is 23.1 Å². The number of aromatic amines is 7. The topological polar surface area (TPSA) is 360 Å². The number of hydrogen-bond donors (Lipinski definition) is 9. The van der Waals surface area contributed by atoms with E-state index in [0.717, 1.165) is 230 Å². The second-order valence-electron chi connectivity index (χ2n) is 37.2. The minimum Gasteiger partial charge on any atom is -0.399 e. The molecule has 0 bridgehead atoms. The second kappa shape index (κ2) is 48.9. The summed E-state index contributed by atoms with van der Waals surface area (Å²) in [5.41, 5.74) is 27.3. The number of carbonyl (C=O) groups is 5. The average molecular weight is 1860 g/mol. The van der Waals surface area contributed by atoms with Gasteiger partial charge in [-0.05, 0) is 207 Å². The van der Waals surface area contributed by atoms with Crippen LogP contribution in [-0.2, 0) is 30.6 Å². The highest BCUT2D eigenvalue weighted by molar-refractivity contribution is 8.13. The molecule has 708 valence electrons. The molecule has 6 fully saturated rings. The minimum atomic E-state index is 0.0698. The number of anilines is 1. The Labute approximate surface area is 800 Å². The molecule has 30 heteroatoms.